The van der Waals surface area contributed by atoms with E-state index in [1.807, 2.05) is 62.7 Å². The van der Waals surface area contributed by atoms with Crippen LogP contribution in [-0.2, 0) is 11.8 Å². The summed E-state index contributed by atoms with van der Waals surface area (Å²) in [5, 5.41) is 4.27. The monoisotopic (exact) mass is 381 g/mol. The normalized spacial score (nSPS) is 14.0. The number of hydrogen-bond donors (Lipinski definition) is 0. The van der Waals surface area contributed by atoms with E-state index in [0.29, 0.717) is 36.1 Å². The number of nitrogens with zero attached hydrogens (tertiary/aromatic N) is 3. The molecule has 0 amide bonds. The van der Waals surface area contributed by atoms with E-state index in [9.17, 15) is 4.79 Å². The Morgan fingerprint density at radius 1 is 1.11 bits per heavy atom. The summed E-state index contributed by atoms with van der Waals surface area (Å²) in [6.45, 7) is 6.88. The minimum absolute atomic E-state index is 0.419. The molecule has 0 N–H and O–H groups in total. The predicted molar refractivity (Wildman–Crippen MR) is 103 cm³/mol. The molecule has 1 atom stereocenters. The van der Waals surface area contributed by atoms with Crippen LogP contribution in [0.15, 0.2) is 36.5 Å². The lowest BCUT2D eigenvalue weighted by molar-refractivity contribution is 0.0336. The Morgan fingerprint density at radius 3 is 2.50 bits per heavy atom. The Bertz CT molecular complexity index is 1010. The molecule has 0 unspecified atom stereocenters. The van der Waals surface area contributed by atoms with Crippen LogP contribution in [0.4, 0.5) is 0 Å². The number of rotatable bonds is 4. The second-order valence-corrected chi connectivity index (χ2v) is 6.91. The number of fused-ring (bicyclic) bond motifs is 1. The molecule has 0 aliphatic carbocycles. The Morgan fingerprint density at radius 2 is 1.79 bits per heavy atom. The van der Waals surface area contributed by atoms with E-state index in [-0.39, 0.29) is 0 Å². The molecular formula is C21H23N3O4. The number of benzene rings is 1. The number of aromatic nitrogens is 3. The summed E-state index contributed by atoms with van der Waals surface area (Å²) >= 11 is 0. The summed E-state index contributed by atoms with van der Waals surface area (Å²) in [6.07, 6.45) is 1.11. The van der Waals surface area contributed by atoms with Gasteiger partial charge in [0, 0.05) is 18.4 Å². The molecule has 0 fully saturated rings. The molecule has 0 bridgehead atoms. The van der Waals surface area contributed by atoms with Gasteiger partial charge in [-0.15, -0.1) is 0 Å². The number of esters is 1. The third-order valence-electron chi connectivity index (χ3n) is 4.93. The highest BCUT2D eigenvalue weighted by Crippen LogP contribution is 2.34. The lowest BCUT2D eigenvalue weighted by Crippen LogP contribution is -2.16. The second-order valence-electron chi connectivity index (χ2n) is 6.91. The van der Waals surface area contributed by atoms with Crippen LogP contribution in [0.25, 0.3) is 5.82 Å². The smallest absolute Gasteiger partial charge is 0.344 e. The average molecular weight is 381 g/mol. The van der Waals surface area contributed by atoms with Crippen LogP contribution in [0.5, 0.6) is 11.5 Å². The van der Waals surface area contributed by atoms with Crippen molar-refractivity contribution in [3.63, 3.8) is 0 Å². The Balaban J connectivity index is 1.60. The number of aryl methyl sites for hydroxylation is 3. The first kappa shape index (κ1) is 18.2. The highest BCUT2D eigenvalue weighted by atomic mass is 16.6. The summed E-state index contributed by atoms with van der Waals surface area (Å²) in [7, 11) is 1.81. The molecule has 1 aliphatic heterocycles. The van der Waals surface area contributed by atoms with Crippen molar-refractivity contribution in [2.24, 2.45) is 7.05 Å². The molecule has 146 valence electrons. The molecule has 0 spiro atoms. The Labute approximate surface area is 163 Å². The fraction of sp³-hybridized carbons (Fsp3) is 0.333. The summed E-state index contributed by atoms with van der Waals surface area (Å²) in [6, 6.07) is 9.60. The van der Waals surface area contributed by atoms with Crippen LogP contribution in [0.2, 0.25) is 0 Å². The van der Waals surface area contributed by atoms with Crippen LogP contribution < -0.4 is 9.47 Å². The van der Waals surface area contributed by atoms with Crippen molar-refractivity contribution < 1.29 is 19.0 Å². The van der Waals surface area contributed by atoms with Gasteiger partial charge in [-0.2, -0.15) is 5.10 Å². The highest BCUT2D eigenvalue weighted by molar-refractivity contribution is 5.93. The first-order valence-corrected chi connectivity index (χ1v) is 9.23. The SMILES string of the molecule is Cc1ccc(C)n1-c1c(C(=O)O[C@H](C)c2ccc3c(c2)OCCO3)cnn1C. The van der Waals surface area contributed by atoms with Gasteiger partial charge in [0.05, 0.1) is 6.20 Å². The van der Waals surface area contributed by atoms with Crippen LogP contribution in [-0.4, -0.2) is 33.5 Å². The van der Waals surface area contributed by atoms with E-state index in [1.165, 1.54) is 0 Å². The van der Waals surface area contributed by atoms with Gasteiger partial charge < -0.3 is 18.8 Å². The molecule has 7 nitrogen and oxygen atoms in total. The maximum Gasteiger partial charge on any atom is 0.344 e. The molecule has 2 aromatic heterocycles. The summed E-state index contributed by atoms with van der Waals surface area (Å²) in [5.74, 6) is 1.66. The molecule has 3 aromatic rings. The van der Waals surface area contributed by atoms with Crippen LogP contribution in [0, 0.1) is 13.8 Å². The van der Waals surface area contributed by atoms with E-state index < -0.39 is 12.1 Å². The maximum atomic E-state index is 12.9. The molecule has 1 aliphatic rings. The van der Waals surface area contributed by atoms with Gasteiger partial charge in [-0.1, -0.05) is 6.07 Å². The fourth-order valence-electron chi connectivity index (χ4n) is 3.45. The molecular weight excluding hydrogens is 358 g/mol. The van der Waals surface area contributed by atoms with E-state index in [0.717, 1.165) is 17.0 Å². The zero-order chi connectivity index (χ0) is 19.8. The van der Waals surface area contributed by atoms with Crippen LogP contribution in [0.3, 0.4) is 0 Å². The van der Waals surface area contributed by atoms with Crippen molar-refractivity contribution in [2.75, 3.05) is 13.2 Å². The first-order chi connectivity index (χ1) is 13.5. The van der Waals surface area contributed by atoms with E-state index >= 15 is 0 Å². The Hall–Kier alpha value is -3.22. The lowest BCUT2D eigenvalue weighted by atomic mass is 10.1. The second kappa shape index (κ2) is 7.07. The molecule has 7 heteroatoms. The van der Waals surface area contributed by atoms with E-state index in [1.54, 1.807) is 10.9 Å². The van der Waals surface area contributed by atoms with Crippen molar-refractivity contribution in [1.82, 2.24) is 14.3 Å². The quantitative estimate of drug-likeness (QED) is 0.647. The van der Waals surface area contributed by atoms with Gasteiger partial charge in [-0.25, -0.2) is 4.79 Å². The third kappa shape index (κ3) is 3.13. The standard InChI is InChI=1S/C21H23N3O4/c1-13-5-6-14(2)24(13)20-17(12-22-23(20)4)21(25)28-15(3)16-7-8-18-19(11-16)27-10-9-26-18/h5-8,11-12,15H,9-10H2,1-4H3/t15-/m1/s1. The molecule has 4 rings (SSSR count). The summed E-state index contributed by atoms with van der Waals surface area (Å²) in [4.78, 5) is 12.9. The number of ether oxygens (including phenoxy) is 3. The van der Waals surface area contributed by atoms with Gasteiger partial charge in [0.15, 0.2) is 11.5 Å². The zero-order valence-corrected chi connectivity index (χ0v) is 16.4. The van der Waals surface area contributed by atoms with Gasteiger partial charge in [0.1, 0.15) is 30.7 Å². The van der Waals surface area contributed by atoms with Gasteiger partial charge >= 0.3 is 5.97 Å². The van der Waals surface area contributed by atoms with Gasteiger partial charge in [0.2, 0.25) is 0 Å². The van der Waals surface area contributed by atoms with E-state index in [2.05, 4.69) is 5.10 Å². The van der Waals surface area contributed by atoms with Gasteiger partial charge in [-0.05, 0) is 50.6 Å². The minimum atomic E-state index is -0.441. The summed E-state index contributed by atoms with van der Waals surface area (Å²) in [5.41, 5.74) is 3.32. The molecule has 0 radical (unpaired) electrons. The first-order valence-electron chi connectivity index (χ1n) is 9.23. The molecule has 0 saturated heterocycles. The topological polar surface area (TPSA) is 67.5 Å². The molecule has 0 saturated carbocycles. The number of hydrogen-bond acceptors (Lipinski definition) is 5. The van der Waals surface area contributed by atoms with Gasteiger partial charge in [-0.3, -0.25) is 4.68 Å². The largest absolute Gasteiger partial charge is 0.486 e. The molecule has 28 heavy (non-hydrogen) atoms. The number of carbonyl (C=O) groups is 1. The van der Waals surface area contributed by atoms with Crippen molar-refractivity contribution >= 4 is 5.97 Å². The maximum absolute atomic E-state index is 12.9. The van der Waals surface area contributed by atoms with Gasteiger partial charge in [0.25, 0.3) is 0 Å². The summed E-state index contributed by atoms with van der Waals surface area (Å²) < 4.78 is 20.6. The van der Waals surface area contributed by atoms with Crippen molar-refractivity contribution in [3.05, 3.63) is 59.0 Å². The van der Waals surface area contributed by atoms with Crippen molar-refractivity contribution in [1.29, 1.82) is 0 Å². The molecule has 3 heterocycles. The van der Waals surface area contributed by atoms with Crippen LogP contribution in [0.1, 0.15) is 40.3 Å². The minimum Gasteiger partial charge on any atom is -0.486 e. The average Bonchev–Trinajstić information content (AvgIpc) is 3.22. The Kier molecular flexibility index (Phi) is 4.58. The van der Waals surface area contributed by atoms with Crippen LogP contribution >= 0.6 is 0 Å². The third-order valence-corrected chi connectivity index (χ3v) is 4.93. The predicted octanol–water partition coefficient (Wildman–Crippen LogP) is 3.52. The molecule has 1 aromatic carbocycles. The lowest BCUT2D eigenvalue weighted by Gasteiger charge is -2.21. The highest BCUT2D eigenvalue weighted by Gasteiger charge is 2.24. The van der Waals surface area contributed by atoms with E-state index in [4.69, 9.17) is 14.2 Å². The zero-order valence-electron chi connectivity index (χ0n) is 16.4. The number of carbonyl (C=O) groups excluding carboxylic acids is 1. The van der Waals surface area contributed by atoms with Crippen molar-refractivity contribution in [3.8, 4) is 17.3 Å². The fourth-order valence-corrected chi connectivity index (χ4v) is 3.45. The van der Waals surface area contributed by atoms with Crippen molar-refractivity contribution in [2.45, 2.75) is 26.9 Å².